The van der Waals surface area contributed by atoms with Crippen molar-refractivity contribution in [3.8, 4) is 11.5 Å². The van der Waals surface area contributed by atoms with Gasteiger partial charge in [-0.2, -0.15) is 5.10 Å². The summed E-state index contributed by atoms with van der Waals surface area (Å²) in [5.41, 5.74) is 1.48. The number of hydrogen-bond donors (Lipinski definition) is 2. The summed E-state index contributed by atoms with van der Waals surface area (Å²) >= 11 is 12.3. The molecule has 4 aromatic rings. The number of carbonyl (C=O) groups excluding carboxylic acids is 1. The number of ether oxygens (including phenoxy) is 1. The maximum absolute atomic E-state index is 13.1. The van der Waals surface area contributed by atoms with E-state index >= 15 is 0 Å². The summed E-state index contributed by atoms with van der Waals surface area (Å²) in [5.74, 6) is 1.04. The third-order valence-electron chi connectivity index (χ3n) is 6.25. The Morgan fingerprint density at radius 1 is 1.03 bits per heavy atom. The van der Waals surface area contributed by atoms with Gasteiger partial charge in [0.2, 0.25) is 0 Å². The third kappa shape index (κ3) is 6.73. The van der Waals surface area contributed by atoms with Crippen molar-refractivity contribution >= 4 is 44.8 Å². The van der Waals surface area contributed by atoms with E-state index in [1.807, 2.05) is 10.7 Å². The van der Waals surface area contributed by atoms with Gasteiger partial charge in [-0.25, -0.2) is 8.42 Å². The van der Waals surface area contributed by atoms with Crippen molar-refractivity contribution in [1.82, 2.24) is 15.1 Å². The molecule has 11 heteroatoms. The number of anilines is 1. The van der Waals surface area contributed by atoms with E-state index in [4.69, 9.17) is 27.9 Å². The molecule has 1 aliphatic rings. The summed E-state index contributed by atoms with van der Waals surface area (Å²) in [5, 5.41) is 7.98. The van der Waals surface area contributed by atoms with E-state index in [9.17, 15) is 13.2 Å². The first-order chi connectivity index (χ1) is 18.8. The van der Waals surface area contributed by atoms with Gasteiger partial charge in [0.1, 0.15) is 11.5 Å². The highest BCUT2D eigenvalue weighted by Crippen LogP contribution is 2.39. The molecule has 8 nitrogen and oxygen atoms in total. The zero-order chi connectivity index (χ0) is 27.4. The quantitative estimate of drug-likeness (QED) is 0.196. The minimum atomic E-state index is -4.01. The van der Waals surface area contributed by atoms with Crippen molar-refractivity contribution in [1.29, 1.82) is 0 Å². The Morgan fingerprint density at radius 3 is 2.54 bits per heavy atom. The molecule has 1 saturated carbocycles. The first-order valence-electron chi connectivity index (χ1n) is 12.4. The SMILES string of the molecule is O=C(NCCCn1nccc1C1CC1)c1cc(Cl)ccc1NS(=O)(=O)c1ccc(Oc2ccccc2Cl)cc1. The predicted molar refractivity (Wildman–Crippen MR) is 151 cm³/mol. The van der Waals surface area contributed by atoms with Gasteiger partial charge in [-0.3, -0.25) is 14.2 Å². The minimum Gasteiger partial charge on any atom is -0.456 e. The fourth-order valence-corrected chi connectivity index (χ4v) is 5.55. The predicted octanol–water partition coefficient (Wildman–Crippen LogP) is 6.48. The van der Waals surface area contributed by atoms with Gasteiger partial charge in [-0.1, -0.05) is 35.3 Å². The van der Waals surface area contributed by atoms with Crippen LogP contribution in [0.1, 0.15) is 41.2 Å². The van der Waals surface area contributed by atoms with Gasteiger partial charge < -0.3 is 10.1 Å². The number of para-hydroxylation sites is 1. The number of nitrogens with zero attached hydrogens (tertiary/aromatic N) is 2. The molecule has 0 unspecified atom stereocenters. The molecule has 0 atom stereocenters. The van der Waals surface area contributed by atoms with Crippen molar-refractivity contribution in [3.05, 3.63) is 100 Å². The first-order valence-corrected chi connectivity index (χ1v) is 14.7. The Kier molecular flexibility index (Phi) is 8.11. The van der Waals surface area contributed by atoms with Crippen molar-refractivity contribution in [2.24, 2.45) is 0 Å². The van der Waals surface area contributed by atoms with Gasteiger partial charge in [0.25, 0.3) is 15.9 Å². The van der Waals surface area contributed by atoms with Crippen LogP contribution < -0.4 is 14.8 Å². The number of aryl methyl sites for hydroxylation is 1. The number of aromatic nitrogens is 2. The number of amides is 1. The number of nitrogens with one attached hydrogen (secondary N) is 2. The summed E-state index contributed by atoms with van der Waals surface area (Å²) in [6, 6.07) is 19.3. The summed E-state index contributed by atoms with van der Waals surface area (Å²) < 4.78 is 36.5. The van der Waals surface area contributed by atoms with E-state index in [1.165, 1.54) is 61.0 Å². The first kappa shape index (κ1) is 27.1. The van der Waals surface area contributed by atoms with Gasteiger partial charge in [0, 0.05) is 35.9 Å². The van der Waals surface area contributed by atoms with Crippen LogP contribution in [0.4, 0.5) is 5.69 Å². The van der Waals surface area contributed by atoms with Crippen LogP contribution in [0, 0.1) is 0 Å². The Bertz CT molecular complexity index is 1590. The van der Waals surface area contributed by atoms with E-state index in [0.717, 1.165) is 0 Å². The average Bonchev–Trinajstić information content (AvgIpc) is 3.66. The van der Waals surface area contributed by atoms with Crippen molar-refractivity contribution in [3.63, 3.8) is 0 Å². The number of sulfonamides is 1. The Balaban J connectivity index is 1.23. The lowest BCUT2D eigenvalue weighted by Crippen LogP contribution is -2.27. The Labute approximate surface area is 237 Å². The molecule has 1 heterocycles. The molecule has 0 spiro atoms. The summed E-state index contributed by atoms with van der Waals surface area (Å²) in [6.45, 7) is 1.08. The van der Waals surface area contributed by atoms with E-state index < -0.39 is 15.9 Å². The molecule has 0 saturated heterocycles. The number of halogens is 2. The fraction of sp³-hybridized carbons (Fsp3) is 0.214. The maximum Gasteiger partial charge on any atom is 0.261 e. The lowest BCUT2D eigenvalue weighted by Gasteiger charge is -2.14. The molecule has 1 amide bonds. The molecule has 0 bridgehead atoms. The van der Waals surface area contributed by atoms with Crippen LogP contribution in [-0.4, -0.2) is 30.7 Å². The largest absolute Gasteiger partial charge is 0.456 e. The number of rotatable bonds is 11. The molecular weight excluding hydrogens is 559 g/mol. The summed E-state index contributed by atoms with van der Waals surface area (Å²) in [4.78, 5) is 13.0. The smallest absolute Gasteiger partial charge is 0.261 e. The van der Waals surface area contributed by atoms with Crippen LogP contribution in [0.3, 0.4) is 0 Å². The topological polar surface area (TPSA) is 102 Å². The third-order valence-corrected chi connectivity index (χ3v) is 8.18. The molecule has 5 rings (SSSR count). The molecule has 1 aromatic heterocycles. The Hall–Kier alpha value is -3.53. The Morgan fingerprint density at radius 2 is 1.79 bits per heavy atom. The van der Waals surface area contributed by atoms with Crippen LogP contribution in [0.2, 0.25) is 10.0 Å². The number of hydrogen-bond acceptors (Lipinski definition) is 5. The normalized spacial score (nSPS) is 13.2. The van der Waals surface area contributed by atoms with E-state index in [2.05, 4.69) is 15.1 Å². The van der Waals surface area contributed by atoms with Gasteiger partial charge in [0.15, 0.2) is 0 Å². The van der Waals surface area contributed by atoms with Crippen LogP contribution in [0.15, 0.2) is 83.9 Å². The molecule has 39 heavy (non-hydrogen) atoms. The van der Waals surface area contributed by atoms with Gasteiger partial charge >= 0.3 is 0 Å². The fourth-order valence-electron chi connectivity index (χ4n) is 4.12. The minimum absolute atomic E-state index is 0.000932. The monoisotopic (exact) mass is 584 g/mol. The lowest BCUT2D eigenvalue weighted by atomic mass is 10.1. The highest BCUT2D eigenvalue weighted by Gasteiger charge is 2.26. The van der Waals surface area contributed by atoms with Crippen LogP contribution >= 0.6 is 23.2 Å². The van der Waals surface area contributed by atoms with Crippen molar-refractivity contribution in [2.75, 3.05) is 11.3 Å². The molecule has 202 valence electrons. The highest BCUT2D eigenvalue weighted by molar-refractivity contribution is 7.92. The molecule has 0 aliphatic heterocycles. The maximum atomic E-state index is 13.1. The molecule has 3 aromatic carbocycles. The van der Waals surface area contributed by atoms with Crippen LogP contribution in [0.5, 0.6) is 11.5 Å². The molecule has 1 fully saturated rings. The van der Waals surface area contributed by atoms with Gasteiger partial charge in [-0.05, 0) is 79.9 Å². The van der Waals surface area contributed by atoms with E-state index in [1.54, 1.807) is 30.5 Å². The van der Waals surface area contributed by atoms with Crippen LogP contribution in [-0.2, 0) is 16.6 Å². The molecular formula is C28H26Cl2N4O4S. The number of benzene rings is 3. The average molecular weight is 586 g/mol. The van der Waals surface area contributed by atoms with E-state index in [0.29, 0.717) is 47.0 Å². The van der Waals surface area contributed by atoms with Crippen molar-refractivity contribution < 1.29 is 17.9 Å². The summed E-state index contributed by atoms with van der Waals surface area (Å²) in [6.07, 6.45) is 4.86. The zero-order valence-corrected chi connectivity index (χ0v) is 23.1. The second-order valence-electron chi connectivity index (χ2n) is 9.16. The van der Waals surface area contributed by atoms with Gasteiger partial charge in [-0.15, -0.1) is 0 Å². The zero-order valence-electron chi connectivity index (χ0n) is 20.8. The van der Waals surface area contributed by atoms with Crippen molar-refractivity contribution in [2.45, 2.75) is 36.6 Å². The second kappa shape index (κ2) is 11.7. The summed E-state index contributed by atoms with van der Waals surface area (Å²) in [7, 11) is -4.01. The molecule has 2 N–H and O–H groups in total. The van der Waals surface area contributed by atoms with E-state index in [-0.39, 0.29) is 16.1 Å². The van der Waals surface area contributed by atoms with Crippen LogP contribution in [0.25, 0.3) is 0 Å². The molecule has 1 aliphatic carbocycles. The second-order valence-corrected chi connectivity index (χ2v) is 11.7. The highest BCUT2D eigenvalue weighted by atomic mass is 35.5. The molecule has 0 radical (unpaired) electrons. The standard InChI is InChI=1S/C28H26Cl2N4O4S/c29-20-8-13-25(23(18-20)28(35)31-15-3-17-34-26(14-16-32-34)19-6-7-19)33-39(36,37)22-11-9-21(10-12-22)38-27-5-2-1-4-24(27)30/h1-2,4-5,8-14,16,18-19,33H,3,6-7,15,17H2,(H,31,35). The number of carbonyl (C=O) groups is 1. The lowest BCUT2D eigenvalue weighted by molar-refractivity contribution is 0.0953. The van der Waals surface area contributed by atoms with Gasteiger partial charge in [0.05, 0.1) is 21.2 Å².